The molecule has 2 N–H and O–H groups in total. The molecule has 0 aliphatic heterocycles. The van der Waals surface area contributed by atoms with Gasteiger partial charge in [0, 0.05) is 17.8 Å². The van der Waals surface area contributed by atoms with E-state index in [1.165, 1.54) is 12.1 Å². The second-order valence-electron chi connectivity index (χ2n) is 7.62. The Balaban J connectivity index is 1.88. The van der Waals surface area contributed by atoms with Crippen molar-refractivity contribution in [3.05, 3.63) is 87.7 Å². The molecule has 0 spiro atoms. The van der Waals surface area contributed by atoms with Gasteiger partial charge in [-0.25, -0.2) is 0 Å². The van der Waals surface area contributed by atoms with Gasteiger partial charge in [0.25, 0.3) is 11.6 Å². The summed E-state index contributed by atoms with van der Waals surface area (Å²) in [7, 11) is 0. The summed E-state index contributed by atoms with van der Waals surface area (Å²) >= 11 is 0. The lowest BCUT2D eigenvalue weighted by atomic mass is 10.1. The highest BCUT2D eigenvalue weighted by atomic mass is 19.4. The summed E-state index contributed by atoms with van der Waals surface area (Å²) < 4.78 is 45.0. The zero-order valence-corrected chi connectivity index (χ0v) is 18.9. The molecule has 0 aliphatic rings. The van der Waals surface area contributed by atoms with Gasteiger partial charge in [0.15, 0.2) is 0 Å². The number of pyridine rings is 1. The second-order valence-corrected chi connectivity index (χ2v) is 7.62. The van der Waals surface area contributed by atoms with Crippen molar-refractivity contribution in [1.82, 2.24) is 4.98 Å². The Hall–Kier alpha value is -4.15. The van der Waals surface area contributed by atoms with E-state index in [2.05, 4.69) is 15.6 Å². The van der Waals surface area contributed by atoms with E-state index in [0.717, 1.165) is 24.3 Å². The van der Waals surface area contributed by atoms with Crippen LogP contribution in [-0.4, -0.2) is 22.4 Å². The lowest BCUT2D eigenvalue weighted by Crippen LogP contribution is -2.15. The highest BCUT2D eigenvalue weighted by molar-refractivity contribution is 6.06. The van der Waals surface area contributed by atoms with Crippen molar-refractivity contribution in [3.8, 4) is 5.75 Å². The molecule has 3 aromatic rings. The number of nitrogens with zero attached hydrogens (tertiary/aromatic N) is 2. The zero-order chi connectivity index (χ0) is 25.6. The predicted octanol–water partition coefficient (Wildman–Crippen LogP) is 6.22. The van der Waals surface area contributed by atoms with Crippen molar-refractivity contribution in [2.45, 2.75) is 32.5 Å². The largest absolute Gasteiger partial charge is 0.491 e. The van der Waals surface area contributed by atoms with Crippen LogP contribution >= 0.6 is 0 Å². The van der Waals surface area contributed by atoms with Crippen molar-refractivity contribution < 1.29 is 27.6 Å². The van der Waals surface area contributed by atoms with Crippen molar-refractivity contribution in [2.75, 3.05) is 17.2 Å². The minimum atomic E-state index is -4.63. The monoisotopic (exact) mass is 488 g/mol. The van der Waals surface area contributed by atoms with Crippen molar-refractivity contribution >= 4 is 23.0 Å². The number of benzene rings is 2. The second kappa shape index (κ2) is 10.9. The number of carbonyl (C=O) groups is 1. The van der Waals surface area contributed by atoms with Crippen LogP contribution in [-0.2, 0) is 6.18 Å². The Morgan fingerprint density at radius 2 is 1.91 bits per heavy atom. The summed E-state index contributed by atoms with van der Waals surface area (Å²) in [6.45, 7) is 3.83. The summed E-state index contributed by atoms with van der Waals surface area (Å²) in [5.74, 6) is -0.761. The molecule has 1 amide bonds. The van der Waals surface area contributed by atoms with Crippen molar-refractivity contribution in [1.29, 1.82) is 0 Å². The van der Waals surface area contributed by atoms with E-state index in [1.807, 2.05) is 6.92 Å². The molecule has 1 atom stereocenters. The number of halogens is 3. The van der Waals surface area contributed by atoms with Crippen LogP contribution < -0.4 is 15.4 Å². The first kappa shape index (κ1) is 25.5. The molecule has 0 radical (unpaired) electrons. The summed E-state index contributed by atoms with van der Waals surface area (Å²) in [5, 5.41) is 17.1. The standard InChI is InChI=1S/C24H23F3N4O4/c1-3-12-35-22-10-8-17(24(25,26)27)14-20(22)30-23(32)16-7-9-19(21(13-16)31(33)34)29-15(2)18-6-4-5-11-28-18/h4-11,13-15,29H,3,12H2,1-2H3,(H,30,32). The predicted molar refractivity (Wildman–Crippen MR) is 125 cm³/mol. The summed E-state index contributed by atoms with van der Waals surface area (Å²) in [4.78, 5) is 28.1. The number of hydrogen-bond acceptors (Lipinski definition) is 6. The van der Waals surface area contributed by atoms with Crippen LogP contribution in [0.1, 0.15) is 47.9 Å². The van der Waals surface area contributed by atoms with E-state index in [1.54, 1.807) is 31.3 Å². The van der Waals surface area contributed by atoms with E-state index in [0.29, 0.717) is 12.1 Å². The first-order valence-corrected chi connectivity index (χ1v) is 10.7. The lowest BCUT2D eigenvalue weighted by molar-refractivity contribution is -0.384. The maximum atomic E-state index is 13.2. The van der Waals surface area contributed by atoms with Gasteiger partial charge in [0.1, 0.15) is 11.4 Å². The van der Waals surface area contributed by atoms with Crippen LogP contribution in [0.25, 0.3) is 0 Å². The third-order valence-electron chi connectivity index (χ3n) is 4.98. The minimum absolute atomic E-state index is 0.0603. The molecule has 1 unspecified atom stereocenters. The lowest BCUT2D eigenvalue weighted by Gasteiger charge is -2.16. The van der Waals surface area contributed by atoms with E-state index in [-0.39, 0.29) is 41.0 Å². The first-order valence-electron chi connectivity index (χ1n) is 10.7. The minimum Gasteiger partial charge on any atom is -0.491 e. The summed E-state index contributed by atoms with van der Waals surface area (Å²) in [5.41, 5.74) is -0.806. The molecule has 1 aromatic heterocycles. The van der Waals surface area contributed by atoms with E-state index in [9.17, 15) is 28.1 Å². The molecule has 0 saturated heterocycles. The highest BCUT2D eigenvalue weighted by Gasteiger charge is 2.31. The molecular weight excluding hydrogens is 465 g/mol. The zero-order valence-electron chi connectivity index (χ0n) is 18.9. The fourth-order valence-corrected chi connectivity index (χ4v) is 3.22. The highest BCUT2D eigenvalue weighted by Crippen LogP contribution is 2.36. The molecule has 35 heavy (non-hydrogen) atoms. The van der Waals surface area contributed by atoms with Crippen molar-refractivity contribution in [2.24, 2.45) is 0 Å². The molecule has 0 fully saturated rings. The fraction of sp³-hybridized carbons (Fsp3) is 0.250. The molecule has 184 valence electrons. The van der Waals surface area contributed by atoms with Crippen molar-refractivity contribution in [3.63, 3.8) is 0 Å². The topological polar surface area (TPSA) is 106 Å². The Bertz CT molecular complexity index is 1200. The quantitative estimate of drug-likeness (QED) is 0.273. The molecule has 0 aliphatic carbocycles. The summed E-state index contributed by atoms with van der Waals surface area (Å²) in [6.07, 6.45) is -2.42. The molecule has 0 bridgehead atoms. The molecule has 2 aromatic carbocycles. The van der Waals surface area contributed by atoms with Gasteiger partial charge >= 0.3 is 6.18 Å². The number of aromatic nitrogens is 1. The molecular formula is C24H23F3N4O4. The SMILES string of the molecule is CCCOc1ccc(C(F)(F)F)cc1NC(=O)c1ccc(NC(C)c2ccccn2)c([N+](=O)[O-])c1. The number of rotatable bonds is 9. The number of carbonyl (C=O) groups excluding carboxylic acids is 1. The molecule has 11 heteroatoms. The Morgan fingerprint density at radius 3 is 2.54 bits per heavy atom. The summed E-state index contributed by atoms with van der Waals surface area (Å²) in [6, 6.07) is 11.5. The van der Waals surface area contributed by atoms with Gasteiger partial charge in [0.2, 0.25) is 0 Å². The van der Waals surface area contributed by atoms with Crippen LogP contribution in [0.3, 0.4) is 0 Å². The smallest absolute Gasteiger partial charge is 0.416 e. The third-order valence-corrected chi connectivity index (χ3v) is 4.98. The van der Waals surface area contributed by atoms with Gasteiger partial charge in [-0.05, 0) is 55.8 Å². The maximum Gasteiger partial charge on any atom is 0.416 e. The number of ether oxygens (including phenoxy) is 1. The van der Waals surface area contributed by atoms with Crippen LogP contribution in [0.5, 0.6) is 5.75 Å². The van der Waals surface area contributed by atoms with E-state index >= 15 is 0 Å². The average Bonchev–Trinajstić information content (AvgIpc) is 2.83. The van der Waals surface area contributed by atoms with Crippen LogP contribution in [0.15, 0.2) is 60.8 Å². The Labute approximate surface area is 199 Å². The van der Waals surface area contributed by atoms with E-state index in [4.69, 9.17) is 4.74 Å². The number of hydrogen-bond donors (Lipinski definition) is 2. The number of anilines is 2. The maximum absolute atomic E-state index is 13.2. The van der Waals surface area contributed by atoms with E-state index < -0.39 is 22.6 Å². The number of nitro benzene ring substituents is 1. The number of alkyl halides is 3. The van der Waals surface area contributed by atoms with Crippen LogP contribution in [0, 0.1) is 10.1 Å². The molecule has 0 saturated carbocycles. The fourth-order valence-electron chi connectivity index (χ4n) is 3.22. The number of amides is 1. The van der Waals surface area contributed by atoms with Crippen LogP contribution in [0.4, 0.5) is 30.2 Å². The van der Waals surface area contributed by atoms with Gasteiger partial charge < -0.3 is 15.4 Å². The molecule has 1 heterocycles. The number of nitrogens with one attached hydrogen (secondary N) is 2. The Kier molecular flexibility index (Phi) is 7.90. The van der Waals surface area contributed by atoms with Crippen LogP contribution in [0.2, 0.25) is 0 Å². The molecule has 8 nitrogen and oxygen atoms in total. The van der Waals surface area contributed by atoms with Gasteiger partial charge in [-0.15, -0.1) is 0 Å². The average molecular weight is 488 g/mol. The first-order chi connectivity index (χ1) is 16.6. The van der Waals surface area contributed by atoms with Gasteiger partial charge in [-0.1, -0.05) is 13.0 Å². The van der Waals surface area contributed by atoms with Gasteiger partial charge in [-0.3, -0.25) is 19.9 Å². The Morgan fingerprint density at radius 1 is 1.14 bits per heavy atom. The molecule has 3 rings (SSSR count). The number of nitro groups is 1. The third kappa shape index (κ3) is 6.46. The van der Waals surface area contributed by atoms with Gasteiger partial charge in [0.05, 0.1) is 34.5 Å². The normalized spacial score (nSPS) is 12.0. The van der Waals surface area contributed by atoms with Gasteiger partial charge in [-0.2, -0.15) is 13.2 Å².